The number of nitrogens with zero attached hydrogens (tertiary/aromatic N) is 2. The monoisotopic (exact) mass is 583 g/mol. The van der Waals surface area contributed by atoms with Crippen molar-refractivity contribution in [2.75, 3.05) is 32.1 Å². The van der Waals surface area contributed by atoms with Crippen molar-refractivity contribution < 1.29 is 19.4 Å². The number of hydrogen-bond acceptors (Lipinski definition) is 5. The maximum atomic E-state index is 13.8. The van der Waals surface area contributed by atoms with Crippen LogP contribution >= 0.6 is 0 Å². The van der Waals surface area contributed by atoms with E-state index in [0.717, 1.165) is 32.2 Å². The van der Waals surface area contributed by atoms with E-state index in [2.05, 4.69) is 60.6 Å². The predicted octanol–water partition coefficient (Wildman–Crippen LogP) is 6.22. The highest BCUT2D eigenvalue weighted by molar-refractivity contribution is 6.02. The van der Waals surface area contributed by atoms with Gasteiger partial charge in [0.1, 0.15) is 6.10 Å². The summed E-state index contributed by atoms with van der Waals surface area (Å²) < 4.78 is 6.72. The standard InChI is InChI=1S/C36H45N3O4/c1-25-21-39(26(2)24-40)36(42)31-15-10-16-32(37-35(41)30-13-8-5-9-14-30)34(31)43-33(25)23-38(3)22-27-17-19-29(20-18-27)28-11-6-4-7-12-28/h4,6-7,10-12,15-20,25-26,30,33,40H,5,8-9,13-14,21-24H2,1-3H3,(H,37,41)/t25-,26+,33+/m1/s1. The van der Waals surface area contributed by atoms with Crippen molar-refractivity contribution in [3.8, 4) is 16.9 Å². The smallest absolute Gasteiger partial charge is 0.258 e. The molecule has 3 aromatic rings. The zero-order valence-corrected chi connectivity index (χ0v) is 25.7. The molecule has 1 saturated carbocycles. The lowest BCUT2D eigenvalue weighted by molar-refractivity contribution is -0.120. The number of fused-ring (bicyclic) bond motifs is 1. The molecular formula is C36H45N3O4. The highest BCUT2D eigenvalue weighted by Gasteiger charge is 2.35. The average molecular weight is 584 g/mol. The number of anilines is 1. The van der Waals surface area contributed by atoms with Crippen LogP contribution in [-0.4, -0.2) is 65.6 Å². The Morgan fingerprint density at radius 3 is 2.40 bits per heavy atom. The van der Waals surface area contributed by atoms with Gasteiger partial charge in [0.2, 0.25) is 5.91 Å². The Hall–Kier alpha value is -3.68. The first-order chi connectivity index (χ1) is 20.8. The van der Waals surface area contributed by atoms with E-state index < -0.39 is 0 Å². The average Bonchev–Trinajstić information content (AvgIpc) is 3.03. The second kappa shape index (κ2) is 14.2. The van der Waals surface area contributed by atoms with Gasteiger partial charge >= 0.3 is 0 Å². The first-order valence-electron chi connectivity index (χ1n) is 15.7. The van der Waals surface area contributed by atoms with Crippen molar-refractivity contribution >= 4 is 17.5 Å². The summed E-state index contributed by atoms with van der Waals surface area (Å²) >= 11 is 0. The molecule has 1 aliphatic carbocycles. The number of nitrogens with one attached hydrogen (secondary N) is 1. The van der Waals surface area contributed by atoms with E-state index in [9.17, 15) is 14.7 Å². The molecule has 5 rings (SSSR count). The maximum Gasteiger partial charge on any atom is 0.258 e. The number of para-hydroxylation sites is 1. The number of carbonyl (C=O) groups is 2. The second-order valence-electron chi connectivity index (χ2n) is 12.4. The van der Waals surface area contributed by atoms with Crippen LogP contribution < -0.4 is 10.1 Å². The molecule has 0 spiro atoms. The van der Waals surface area contributed by atoms with E-state index in [4.69, 9.17) is 4.74 Å². The van der Waals surface area contributed by atoms with Gasteiger partial charge in [-0.15, -0.1) is 0 Å². The molecule has 0 unspecified atom stereocenters. The lowest BCUT2D eigenvalue weighted by Gasteiger charge is -2.38. The Labute approximate surface area is 255 Å². The zero-order valence-electron chi connectivity index (χ0n) is 25.7. The SMILES string of the molecule is C[C@@H]1CN([C@@H](C)CO)C(=O)c2cccc(NC(=O)C3CCCCC3)c2O[C@H]1CN(C)Cc1ccc(-c2ccccc2)cc1. The summed E-state index contributed by atoms with van der Waals surface area (Å²) in [7, 11) is 2.08. The van der Waals surface area contributed by atoms with Gasteiger partial charge in [-0.3, -0.25) is 14.5 Å². The summed E-state index contributed by atoms with van der Waals surface area (Å²) in [4.78, 5) is 31.0. The first-order valence-corrected chi connectivity index (χ1v) is 15.7. The number of carbonyl (C=O) groups excluding carboxylic acids is 2. The Morgan fingerprint density at radius 1 is 1.00 bits per heavy atom. The number of rotatable bonds is 9. The molecule has 2 aliphatic rings. The third kappa shape index (κ3) is 7.46. The van der Waals surface area contributed by atoms with E-state index in [1.807, 2.05) is 31.2 Å². The fraction of sp³-hybridized carbons (Fsp3) is 0.444. The number of likely N-dealkylation sites (N-methyl/N-ethyl adjacent to an activating group) is 1. The molecule has 7 heteroatoms. The van der Waals surface area contributed by atoms with Crippen molar-refractivity contribution in [1.82, 2.24) is 9.80 Å². The molecule has 1 aliphatic heterocycles. The minimum atomic E-state index is -0.345. The third-order valence-electron chi connectivity index (χ3n) is 8.93. The van der Waals surface area contributed by atoms with E-state index >= 15 is 0 Å². The number of ether oxygens (including phenoxy) is 1. The van der Waals surface area contributed by atoms with Gasteiger partial charge in [-0.2, -0.15) is 0 Å². The molecule has 0 aromatic heterocycles. The fourth-order valence-electron chi connectivity index (χ4n) is 6.28. The van der Waals surface area contributed by atoms with Crippen LogP contribution in [0.4, 0.5) is 5.69 Å². The summed E-state index contributed by atoms with van der Waals surface area (Å²) in [6.45, 7) is 5.65. The summed E-state index contributed by atoms with van der Waals surface area (Å²) in [6, 6.07) is 24.0. The molecule has 7 nitrogen and oxygen atoms in total. The largest absolute Gasteiger partial charge is 0.486 e. The van der Waals surface area contributed by atoms with Crippen molar-refractivity contribution in [1.29, 1.82) is 0 Å². The second-order valence-corrected chi connectivity index (χ2v) is 12.4. The zero-order chi connectivity index (χ0) is 30.3. The van der Waals surface area contributed by atoms with Crippen LogP contribution in [0, 0.1) is 11.8 Å². The van der Waals surface area contributed by atoms with E-state index in [1.54, 1.807) is 17.0 Å². The van der Waals surface area contributed by atoms with Crippen LogP contribution in [0.5, 0.6) is 5.75 Å². The van der Waals surface area contributed by atoms with Crippen molar-refractivity contribution in [2.45, 2.75) is 64.6 Å². The van der Waals surface area contributed by atoms with Gasteiger partial charge < -0.3 is 20.1 Å². The molecule has 0 radical (unpaired) electrons. The maximum absolute atomic E-state index is 13.8. The van der Waals surface area contributed by atoms with E-state index in [0.29, 0.717) is 30.1 Å². The van der Waals surface area contributed by atoms with Gasteiger partial charge in [-0.25, -0.2) is 0 Å². The predicted molar refractivity (Wildman–Crippen MR) is 171 cm³/mol. The lowest BCUT2D eigenvalue weighted by Crippen LogP contribution is -2.49. The van der Waals surface area contributed by atoms with Crippen molar-refractivity contribution in [2.24, 2.45) is 11.8 Å². The van der Waals surface area contributed by atoms with Gasteiger partial charge in [0.25, 0.3) is 5.91 Å². The minimum absolute atomic E-state index is 0.00698. The van der Waals surface area contributed by atoms with Gasteiger partial charge in [0.15, 0.2) is 5.75 Å². The number of benzene rings is 3. The Bertz CT molecular complexity index is 1370. The molecule has 2 amide bonds. The Balaban J connectivity index is 1.37. The molecule has 43 heavy (non-hydrogen) atoms. The van der Waals surface area contributed by atoms with Crippen molar-refractivity contribution in [3.05, 3.63) is 83.9 Å². The molecule has 0 bridgehead atoms. The van der Waals surface area contributed by atoms with Gasteiger partial charge in [-0.1, -0.05) is 86.8 Å². The molecule has 3 atom stereocenters. The summed E-state index contributed by atoms with van der Waals surface area (Å²) in [6.07, 6.45) is 4.83. The highest BCUT2D eigenvalue weighted by Crippen LogP contribution is 2.36. The highest BCUT2D eigenvalue weighted by atomic mass is 16.5. The number of amides is 2. The van der Waals surface area contributed by atoms with Gasteiger partial charge in [0, 0.05) is 31.5 Å². The summed E-state index contributed by atoms with van der Waals surface area (Å²) in [5.41, 5.74) is 4.54. The Morgan fingerprint density at radius 2 is 1.70 bits per heavy atom. The number of aliphatic hydroxyl groups is 1. The van der Waals surface area contributed by atoms with Gasteiger partial charge in [0.05, 0.1) is 23.9 Å². The van der Waals surface area contributed by atoms with Crippen LogP contribution in [-0.2, 0) is 11.3 Å². The Kier molecular flexibility index (Phi) is 10.2. The van der Waals surface area contributed by atoms with E-state index in [1.165, 1.54) is 23.1 Å². The molecule has 3 aromatic carbocycles. The van der Waals surface area contributed by atoms with Crippen LogP contribution in [0.2, 0.25) is 0 Å². The minimum Gasteiger partial charge on any atom is -0.486 e. The topological polar surface area (TPSA) is 82.1 Å². The third-order valence-corrected chi connectivity index (χ3v) is 8.93. The molecule has 1 fully saturated rings. The molecule has 1 heterocycles. The fourth-order valence-corrected chi connectivity index (χ4v) is 6.28. The number of hydrogen-bond donors (Lipinski definition) is 2. The molecule has 228 valence electrons. The summed E-state index contributed by atoms with van der Waals surface area (Å²) in [5.74, 6) is 0.184. The normalized spacial score (nSPS) is 20.1. The molecule has 2 N–H and O–H groups in total. The lowest BCUT2D eigenvalue weighted by atomic mass is 9.88. The van der Waals surface area contributed by atoms with Gasteiger partial charge in [-0.05, 0) is 55.6 Å². The quantitative estimate of drug-likeness (QED) is 0.312. The van der Waals surface area contributed by atoms with Crippen LogP contribution in [0.3, 0.4) is 0 Å². The van der Waals surface area contributed by atoms with Crippen LogP contribution in [0.15, 0.2) is 72.8 Å². The molecule has 0 saturated heterocycles. The van der Waals surface area contributed by atoms with Crippen LogP contribution in [0.25, 0.3) is 11.1 Å². The molecular weight excluding hydrogens is 538 g/mol. The number of aliphatic hydroxyl groups excluding tert-OH is 1. The summed E-state index contributed by atoms with van der Waals surface area (Å²) in [5, 5.41) is 13.1. The van der Waals surface area contributed by atoms with Crippen molar-refractivity contribution in [3.63, 3.8) is 0 Å². The first kappa shape index (κ1) is 30.8. The van der Waals surface area contributed by atoms with E-state index in [-0.39, 0.29) is 42.4 Å². The van der Waals surface area contributed by atoms with Crippen LogP contribution in [0.1, 0.15) is 61.9 Å².